The lowest BCUT2D eigenvalue weighted by Gasteiger charge is -2.11. The van der Waals surface area contributed by atoms with Crippen LogP contribution in [0.15, 0.2) is 53.5 Å². The van der Waals surface area contributed by atoms with E-state index in [2.05, 4.69) is 5.32 Å². The molecule has 0 saturated heterocycles. The van der Waals surface area contributed by atoms with Crippen LogP contribution in [0.4, 0.5) is 0 Å². The molecule has 3 heterocycles. The molecule has 3 aromatic heterocycles. The van der Waals surface area contributed by atoms with E-state index in [0.29, 0.717) is 48.5 Å². The number of nitrogens with one attached hydrogen (secondary N) is 1. The maximum atomic E-state index is 13.1. The third kappa shape index (κ3) is 4.09. The van der Waals surface area contributed by atoms with Crippen LogP contribution >= 0.6 is 0 Å². The normalized spacial score (nSPS) is 11.3. The maximum Gasteiger partial charge on any atom is 0.268 e. The number of carbonyl (C=O) groups is 1. The summed E-state index contributed by atoms with van der Waals surface area (Å²) in [5, 5.41) is 3.40. The van der Waals surface area contributed by atoms with Gasteiger partial charge < -0.3 is 14.6 Å². The van der Waals surface area contributed by atoms with Gasteiger partial charge in [-0.15, -0.1) is 0 Å². The van der Waals surface area contributed by atoms with Crippen molar-refractivity contribution in [2.75, 3.05) is 13.7 Å². The Morgan fingerprint density at radius 1 is 1.13 bits per heavy atom. The molecule has 0 radical (unpaired) electrons. The van der Waals surface area contributed by atoms with Crippen molar-refractivity contribution < 1.29 is 9.53 Å². The number of aromatic nitrogens is 3. The van der Waals surface area contributed by atoms with Crippen LogP contribution in [0.1, 0.15) is 33.6 Å². The molecule has 0 bridgehead atoms. The number of amides is 1. The average molecular weight is 418 g/mol. The third-order valence-electron chi connectivity index (χ3n) is 5.43. The number of fused-ring (bicyclic) bond motifs is 2. The average Bonchev–Trinajstić information content (AvgIpc) is 3.13. The Labute approximate surface area is 180 Å². The Balaban J connectivity index is 1.76. The van der Waals surface area contributed by atoms with Gasteiger partial charge in [0.2, 0.25) is 0 Å². The van der Waals surface area contributed by atoms with Gasteiger partial charge in [-0.3, -0.25) is 14.0 Å². The van der Waals surface area contributed by atoms with Gasteiger partial charge in [-0.05, 0) is 43.5 Å². The van der Waals surface area contributed by atoms with E-state index in [0.717, 1.165) is 11.1 Å². The lowest BCUT2D eigenvalue weighted by atomic mass is 10.1. The zero-order chi connectivity index (χ0) is 22.0. The molecule has 7 nitrogen and oxygen atoms in total. The minimum absolute atomic E-state index is 0.179. The molecule has 7 heteroatoms. The molecule has 1 amide bonds. The van der Waals surface area contributed by atoms with Crippen molar-refractivity contribution in [1.82, 2.24) is 19.3 Å². The molecular weight excluding hydrogens is 392 g/mol. The Hall–Kier alpha value is -3.45. The lowest BCUT2D eigenvalue weighted by Crippen LogP contribution is -2.25. The minimum atomic E-state index is -0.235. The molecule has 4 rings (SSSR count). The molecular formula is C24H26N4O3. The Morgan fingerprint density at radius 2 is 1.90 bits per heavy atom. The summed E-state index contributed by atoms with van der Waals surface area (Å²) in [5.41, 5.74) is 4.45. The van der Waals surface area contributed by atoms with Crippen molar-refractivity contribution in [1.29, 1.82) is 0 Å². The zero-order valence-corrected chi connectivity index (χ0v) is 18.0. The third-order valence-corrected chi connectivity index (χ3v) is 5.43. The van der Waals surface area contributed by atoms with Gasteiger partial charge in [0.05, 0.1) is 5.39 Å². The largest absolute Gasteiger partial charge is 0.385 e. The van der Waals surface area contributed by atoms with Crippen LogP contribution in [0, 0.1) is 13.8 Å². The van der Waals surface area contributed by atoms with Gasteiger partial charge in [-0.1, -0.05) is 35.9 Å². The lowest BCUT2D eigenvalue weighted by molar-refractivity contribution is 0.0941. The number of nitrogens with zero attached hydrogens (tertiary/aromatic N) is 3. The van der Waals surface area contributed by atoms with Gasteiger partial charge in [0, 0.05) is 33.0 Å². The highest BCUT2D eigenvalue weighted by atomic mass is 16.5. The van der Waals surface area contributed by atoms with E-state index >= 15 is 0 Å². The van der Waals surface area contributed by atoms with Crippen LogP contribution in [0.2, 0.25) is 0 Å². The Morgan fingerprint density at radius 3 is 2.65 bits per heavy atom. The molecule has 160 valence electrons. The molecule has 0 unspecified atom stereocenters. The number of pyridine rings is 1. The number of aryl methyl sites for hydroxylation is 3. The van der Waals surface area contributed by atoms with Crippen molar-refractivity contribution >= 4 is 22.6 Å². The topological polar surface area (TPSA) is 77.6 Å². The molecule has 0 atom stereocenters. The first-order chi connectivity index (χ1) is 15.0. The van der Waals surface area contributed by atoms with Gasteiger partial charge in [0.1, 0.15) is 17.0 Å². The SMILES string of the molecule is COCCCn1c(C(=O)NCc2ccc(C)cc2)cc2c(=O)n3cccc(C)c3nc21. The summed E-state index contributed by atoms with van der Waals surface area (Å²) < 4.78 is 8.54. The first-order valence-corrected chi connectivity index (χ1v) is 10.3. The molecule has 1 N–H and O–H groups in total. The van der Waals surface area contributed by atoms with Gasteiger partial charge in [0.25, 0.3) is 11.5 Å². The molecule has 0 fully saturated rings. The Kier molecular flexibility index (Phi) is 5.86. The molecule has 0 aliphatic carbocycles. The monoisotopic (exact) mass is 418 g/mol. The van der Waals surface area contributed by atoms with Crippen LogP contribution in [0.5, 0.6) is 0 Å². The van der Waals surface area contributed by atoms with Crippen LogP contribution in [-0.2, 0) is 17.8 Å². The number of ether oxygens (including phenoxy) is 1. The van der Waals surface area contributed by atoms with Gasteiger partial charge in [-0.2, -0.15) is 0 Å². The van der Waals surface area contributed by atoms with Crippen molar-refractivity contribution in [3.05, 3.63) is 81.4 Å². The fourth-order valence-corrected chi connectivity index (χ4v) is 3.72. The van der Waals surface area contributed by atoms with E-state index < -0.39 is 0 Å². The summed E-state index contributed by atoms with van der Waals surface area (Å²) >= 11 is 0. The molecule has 0 saturated carbocycles. The van der Waals surface area contributed by atoms with E-state index in [9.17, 15) is 9.59 Å². The van der Waals surface area contributed by atoms with Crippen molar-refractivity contribution in [2.45, 2.75) is 33.4 Å². The maximum absolute atomic E-state index is 13.1. The van der Waals surface area contributed by atoms with Crippen molar-refractivity contribution in [3.8, 4) is 0 Å². The van der Waals surface area contributed by atoms with Crippen LogP contribution in [0.25, 0.3) is 16.7 Å². The van der Waals surface area contributed by atoms with E-state index in [-0.39, 0.29) is 11.5 Å². The highest BCUT2D eigenvalue weighted by Crippen LogP contribution is 2.19. The van der Waals surface area contributed by atoms with Gasteiger partial charge in [-0.25, -0.2) is 4.98 Å². The number of rotatable bonds is 7. The predicted molar refractivity (Wildman–Crippen MR) is 121 cm³/mol. The molecule has 0 spiro atoms. The number of benzene rings is 1. The molecule has 31 heavy (non-hydrogen) atoms. The second-order valence-electron chi connectivity index (χ2n) is 7.73. The summed E-state index contributed by atoms with van der Waals surface area (Å²) in [5.74, 6) is -0.235. The molecule has 1 aromatic carbocycles. The number of carbonyl (C=O) groups excluding carboxylic acids is 1. The quantitative estimate of drug-likeness (QED) is 0.468. The van der Waals surface area contributed by atoms with Crippen LogP contribution in [-0.4, -0.2) is 33.6 Å². The summed E-state index contributed by atoms with van der Waals surface area (Å²) in [6.07, 6.45) is 2.41. The standard InChI is InChI=1S/C24H26N4O3/c1-16-7-9-18(10-8-16)15-25-23(29)20-14-19-22(27(20)12-5-13-31-3)26-21-17(2)6-4-11-28(21)24(19)30/h4,6-11,14H,5,12-13,15H2,1-3H3,(H,25,29). The van der Waals surface area contributed by atoms with E-state index in [1.165, 1.54) is 9.96 Å². The Bertz CT molecular complexity index is 1300. The molecule has 4 aromatic rings. The zero-order valence-electron chi connectivity index (χ0n) is 18.0. The van der Waals surface area contributed by atoms with Crippen molar-refractivity contribution in [3.63, 3.8) is 0 Å². The number of hydrogen-bond acceptors (Lipinski definition) is 4. The van der Waals surface area contributed by atoms with E-state index in [4.69, 9.17) is 9.72 Å². The second kappa shape index (κ2) is 8.73. The number of hydrogen-bond donors (Lipinski definition) is 1. The van der Waals surface area contributed by atoms with E-state index in [1.54, 1.807) is 19.4 Å². The summed E-state index contributed by atoms with van der Waals surface area (Å²) in [4.78, 5) is 31.0. The fourth-order valence-electron chi connectivity index (χ4n) is 3.72. The van der Waals surface area contributed by atoms with Gasteiger partial charge >= 0.3 is 0 Å². The van der Waals surface area contributed by atoms with Crippen LogP contribution < -0.4 is 10.9 Å². The summed E-state index contributed by atoms with van der Waals surface area (Å²) in [7, 11) is 1.64. The number of methoxy groups -OCH3 is 1. The molecule has 0 aliphatic rings. The highest BCUT2D eigenvalue weighted by molar-refractivity contribution is 5.98. The first kappa shape index (κ1) is 20.8. The molecule has 0 aliphatic heterocycles. The second-order valence-corrected chi connectivity index (χ2v) is 7.73. The minimum Gasteiger partial charge on any atom is -0.385 e. The highest BCUT2D eigenvalue weighted by Gasteiger charge is 2.20. The van der Waals surface area contributed by atoms with Crippen molar-refractivity contribution in [2.24, 2.45) is 0 Å². The van der Waals surface area contributed by atoms with Crippen LogP contribution in [0.3, 0.4) is 0 Å². The smallest absolute Gasteiger partial charge is 0.268 e. The fraction of sp³-hybridized carbons (Fsp3) is 0.292. The summed E-state index contributed by atoms with van der Waals surface area (Å²) in [6.45, 7) is 5.43. The van der Waals surface area contributed by atoms with Gasteiger partial charge in [0.15, 0.2) is 0 Å². The first-order valence-electron chi connectivity index (χ1n) is 10.3. The van der Waals surface area contributed by atoms with E-state index in [1.807, 2.05) is 54.8 Å². The summed E-state index contributed by atoms with van der Waals surface area (Å²) in [6, 6.07) is 13.4. The predicted octanol–water partition coefficient (Wildman–Crippen LogP) is 3.23.